The summed E-state index contributed by atoms with van der Waals surface area (Å²) in [4.78, 5) is 31.7. The van der Waals surface area contributed by atoms with Gasteiger partial charge in [0.05, 0.1) is 16.0 Å². The lowest BCUT2D eigenvalue weighted by Crippen LogP contribution is -2.24. The van der Waals surface area contributed by atoms with Gasteiger partial charge in [0, 0.05) is 17.4 Å². The van der Waals surface area contributed by atoms with Gasteiger partial charge in [-0.25, -0.2) is 4.98 Å². The molecule has 0 fully saturated rings. The number of benzene rings is 1. The monoisotopic (exact) mass is 431 g/mol. The van der Waals surface area contributed by atoms with Crippen molar-refractivity contribution in [2.75, 3.05) is 5.32 Å². The second-order valence-corrected chi connectivity index (χ2v) is 8.32. The summed E-state index contributed by atoms with van der Waals surface area (Å²) in [7, 11) is 0. The number of nitrogens with zero attached hydrogens (tertiary/aromatic N) is 2. The molecule has 0 saturated heterocycles. The minimum absolute atomic E-state index is 0.0133. The maximum atomic E-state index is 13.0. The lowest BCUT2D eigenvalue weighted by molar-refractivity contribution is 0.103. The number of fused-ring (bicyclic) bond motifs is 2. The number of thiophene rings is 1. The SMILES string of the molecule is Cc1c(C(=O)Nc2ccccc2Br)sc2nc3n(c(=O)c12)CCCCC3. The number of anilines is 1. The highest BCUT2D eigenvalue weighted by atomic mass is 79.9. The molecule has 1 aromatic carbocycles. The number of rotatable bonds is 2. The first kappa shape index (κ1) is 17.4. The number of carbonyl (C=O) groups excluding carboxylic acids is 1. The molecule has 0 radical (unpaired) electrons. The van der Waals surface area contributed by atoms with Gasteiger partial charge in [0.25, 0.3) is 11.5 Å². The summed E-state index contributed by atoms with van der Waals surface area (Å²) in [5.74, 6) is 0.635. The van der Waals surface area contributed by atoms with Crippen LogP contribution in [0.3, 0.4) is 0 Å². The second-order valence-electron chi connectivity index (χ2n) is 6.47. The molecule has 5 nitrogen and oxygen atoms in total. The number of aryl methyl sites for hydroxylation is 2. The zero-order valence-corrected chi connectivity index (χ0v) is 16.7. The first-order valence-electron chi connectivity index (χ1n) is 8.65. The molecule has 134 valence electrons. The average Bonchev–Trinajstić information content (AvgIpc) is 2.80. The number of amides is 1. The highest BCUT2D eigenvalue weighted by Gasteiger charge is 2.22. The van der Waals surface area contributed by atoms with Crippen molar-refractivity contribution in [3.63, 3.8) is 0 Å². The van der Waals surface area contributed by atoms with Gasteiger partial charge >= 0.3 is 0 Å². The van der Waals surface area contributed by atoms with E-state index in [9.17, 15) is 9.59 Å². The van der Waals surface area contributed by atoms with E-state index in [4.69, 9.17) is 4.98 Å². The van der Waals surface area contributed by atoms with Crippen molar-refractivity contribution in [2.24, 2.45) is 0 Å². The first-order chi connectivity index (χ1) is 12.6. The Morgan fingerprint density at radius 3 is 2.88 bits per heavy atom. The van der Waals surface area contributed by atoms with Crippen LogP contribution in [0, 0.1) is 6.92 Å². The van der Waals surface area contributed by atoms with Crippen LogP contribution < -0.4 is 10.9 Å². The lowest BCUT2D eigenvalue weighted by atomic mass is 10.2. The average molecular weight is 432 g/mol. The Labute approximate surface area is 163 Å². The Morgan fingerprint density at radius 1 is 1.27 bits per heavy atom. The summed E-state index contributed by atoms with van der Waals surface area (Å²) in [5, 5.41) is 3.50. The van der Waals surface area contributed by atoms with E-state index in [1.54, 1.807) is 4.57 Å². The summed E-state index contributed by atoms with van der Waals surface area (Å²) in [6.07, 6.45) is 3.99. The van der Waals surface area contributed by atoms with E-state index < -0.39 is 0 Å². The molecule has 3 aromatic rings. The van der Waals surface area contributed by atoms with E-state index in [-0.39, 0.29) is 11.5 Å². The molecule has 1 amide bonds. The number of hydrogen-bond donors (Lipinski definition) is 1. The normalized spacial score (nSPS) is 14.1. The molecule has 0 atom stereocenters. The molecular formula is C19H18BrN3O2S. The Hall–Kier alpha value is -1.99. The van der Waals surface area contributed by atoms with Gasteiger partial charge in [-0.2, -0.15) is 0 Å². The molecule has 1 aliphatic heterocycles. The standard InChI is InChI=1S/C19H18BrN3O2S/c1-11-15-18(22-14-9-3-2-6-10-23(14)19(15)25)26-16(11)17(24)21-13-8-5-4-7-12(13)20/h4-5,7-8H,2-3,6,9-10H2,1H3,(H,21,24). The highest BCUT2D eigenvalue weighted by Crippen LogP contribution is 2.30. The largest absolute Gasteiger partial charge is 0.320 e. The number of halogens is 1. The van der Waals surface area contributed by atoms with Gasteiger partial charge in [-0.15, -0.1) is 11.3 Å². The summed E-state index contributed by atoms with van der Waals surface area (Å²) in [6, 6.07) is 7.46. The molecule has 0 spiro atoms. The first-order valence-corrected chi connectivity index (χ1v) is 10.3. The predicted octanol–water partition coefficient (Wildman–Crippen LogP) is 4.51. The summed E-state index contributed by atoms with van der Waals surface area (Å²) >= 11 is 4.74. The van der Waals surface area contributed by atoms with Gasteiger partial charge in [0.2, 0.25) is 0 Å². The van der Waals surface area contributed by atoms with Crippen molar-refractivity contribution < 1.29 is 4.79 Å². The third-order valence-electron chi connectivity index (χ3n) is 4.74. The molecule has 2 aromatic heterocycles. The fourth-order valence-electron chi connectivity index (χ4n) is 3.37. The highest BCUT2D eigenvalue weighted by molar-refractivity contribution is 9.10. The summed E-state index contributed by atoms with van der Waals surface area (Å²) in [6.45, 7) is 2.55. The fourth-order valence-corrected chi connectivity index (χ4v) is 4.84. The van der Waals surface area contributed by atoms with Gasteiger partial charge in [-0.1, -0.05) is 18.6 Å². The van der Waals surface area contributed by atoms with E-state index >= 15 is 0 Å². The van der Waals surface area contributed by atoms with Crippen molar-refractivity contribution in [3.8, 4) is 0 Å². The van der Waals surface area contributed by atoms with Crippen LogP contribution in [-0.2, 0) is 13.0 Å². The van der Waals surface area contributed by atoms with Gasteiger partial charge < -0.3 is 5.32 Å². The van der Waals surface area contributed by atoms with Crippen LogP contribution in [0.2, 0.25) is 0 Å². The third kappa shape index (κ3) is 2.99. The van der Waals surface area contributed by atoms with Crippen molar-refractivity contribution in [3.05, 3.63) is 55.4 Å². The smallest absolute Gasteiger partial charge is 0.266 e. The van der Waals surface area contributed by atoms with Gasteiger partial charge in [-0.05, 0) is 53.4 Å². The zero-order valence-electron chi connectivity index (χ0n) is 14.3. The molecule has 7 heteroatoms. The second kappa shape index (κ2) is 6.96. The van der Waals surface area contributed by atoms with Crippen LogP contribution in [0.1, 0.15) is 40.3 Å². The fraction of sp³-hybridized carbons (Fsp3) is 0.316. The van der Waals surface area contributed by atoms with Crippen molar-refractivity contribution in [1.29, 1.82) is 0 Å². The van der Waals surface area contributed by atoms with Crippen LogP contribution in [0.15, 0.2) is 33.5 Å². The van der Waals surface area contributed by atoms with E-state index in [2.05, 4.69) is 21.2 Å². The molecule has 3 heterocycles. The van der Waals surface area contributed by atoms with E-state index in [0.717, 1.165) is 36.0 Å². The van der Waals surface area contributed by atoms with Crippen molar-refractivity contribution in [1.82, 2.24) is 9.55 Å². The van der Waals surface area contributed by atoms with Crippen LogP contribution in [0.4, 0.5) is 5.69 Å². The molecular weight excluding hydrogens is 414 g/mol. The number of hydrogen-bond acceptors (Lipinski definition) is 4. The Kier molecular flexibility index (Phi) is 4.67. The Bertz CT molecular complexity index is 1070. The molecule has 4 rings (SSSR count). The van der Waals surface area contributed by atoms with Crippen LogP contribution in [0.25, 0.3) is 10.2 Å². The predicted molar refractivity (Wildman–Crippen MR) is 108 cm³/mol. The van der Waals surface area contributed by atoms with Crippen LogP contribution in [-0.4, -0.2) is 15.5 Å². The molecule has 26 heavy (non-hydrogen) atoms. The Balaban J connectivity index is 1.78. The lowest BCUT2D eigenvalue weighted by Gasteiger charge is -2.08. The molecule has 1 aliphatic rings. The molecule has 0 unspecified atom stereocenters. The topological polar surface area (TPSA) is 64.0 Å². The quantitative estimate of drug-likeness (QED) is 0.648. The summed E-state index contributed by atoms with van der Waals surface area (Å²) < 4.78 is 2.61. The molecule has 0 saturated carbocycles. The maximum absolute atomic E-state index is 13.0. The Morgan fingerprint density at radius 2 is 2.08 bits per heavy atom. The van der Waals surface area contributed by atoms with Crippen molar-refractivity contribution >= 4 is 49.1 Å². The summed E-state index contributed by atoms with van der Waals surface area (Å²) in [5.41, 5.74) is 1.40. The third-order valence-corrected chi connectivity index (χ3v) is 6.62. The minimum Gasteiger partial charge on any atom is -0.320 e. The number of nitrogens with one attached hydrogen (secondary N) is 1. The minimum atomic E-state index is -0.211. The van der Waals surface area contributed by atoms with E-state index in [0.29, 0.717) is 32.9 Å². The van der Waals surface area contributed by atoms with Gasteiger partial charge in [0.15, 0.2) is 0 Å². The number of carbonyl (C=O) groups is 1. The number of para-hydroxylation sites is 1. The van der Waals surface area contributed by atoms with E-state index in [1.165, 1.54) is 11.3 Å². The molecule has 1 N–H and O–H groups in total. The van der Waals surface area contributed by atoms with Gasteiger partial charge in [-0.3, -0.25) is 14.2 Å². The van der Waals surface area contributed by atoms with Gasteiger partial charge in [0.1, 0.15) is 10.7 Å². The van der Waals surface area contributed by atoms with Crippen molar-refractivity contribution in [2.45, 2.75) is 39.2 Å². The van der Waals surface area contributed by atoms with Crippen LogP contribution in [0.5, 0.6) is 0 Å². The van der Waals surface area contributed by atoms with Crippen LogP contribution >= 0.6 is 27.3 Å². The molecule has 0 aliphatic carbocycles. The zero-order chi connectivity index (χ0) is 18.3. The maximum Gasteiger partial charge on any atom is 0.266 e. The number of aromatic nitrogens is 2. The molecule has 0 bridgehead atoms. The van der Waals surface area contributed by atoms with E-state index in [1.807, 2.05) is 31.2 Å².